The molecule has 0 bridgehead atoms. The van der Waals surface area contributed by atoms with Crippen molar-refractivity contribution in [3.8, 4) is 0 Å². The van der Waals surface area contributed by atoms with Crippen LogP contribution in [-0.4, -0.2) is 25.7 Å². The van der Waals surface area contributed by atoms with Crippen LogP contribution in [0.25, 0.3) is 0 Å². The van der Waals surface area contributed by atoms with Crippen LogP contribution in [0.1, 0.15) is 18.3 Å². The first kappa shape index (κ1) is 12.6. The summed E-state index contributed by atoms with van der Waals surface area (Å²) in [5, 5.41) is 11.7. The third-order valence-corrected chi connectivity index (χ3v) is 2.66. The summed E-state index contributed by atoms with van der Waals surface area (Å²) in [7, 11) is 1.70. The van der Waals surface area contributed by atoms with Crippen LogP contribution < -0.4 is 5.73 Å². The highest BCUT2D eigenvalue weighted by Gasteiger charge is 2.23. The van der Waals surface area contributed by atoms with Crippen molar-refractivity contribution < 1.29 is 4.39 Å². The Hall–Kier alpha value is -1.82. The van der Waals surface area contributed by atoms with Gasteiger partial charge in [-0.05, 0) is 30.2 Å². The predicted molar refractivity (Wildman–Crippen MR) is 65.2 cm³/mol. The minimum Gasteiger partial charge on any atom is -0.325 e. The molecule has 2 rings (SSSR count). The molecule has 1 aromatic heterocycles. The summed E-state index contributed by atoms with van der Waals surface area (Å²) in [4.78, 5) is 1.38. The third-order valence-electron chi connectivity index (χ3n) is 2.66. The molecular weight excluding hydrogens is 233 g/mol. The lowest BCUT2D eigenvalue weighted by molar-refractivity contribution is 0.440. The summed E-state index contributed by atoms with van der Waals surface area (Å²) in [5.74, 6) is 0.333. The predicted octanol–water partition coefficient (Wildman–Crippen LogP) is 0.852. The molecule has 0 fully saturated rings. The molecule has 0 radical (unpaired) electrons. The lowest BCUT2D eigenvalue weighted by atomic mass is 9.90. The highest BCUT2D eigenvalue weighted by atomic mass is 19.1. The molecule has 0 spiro atoms. The van der Waals surface area contributed by atoms with Gasteiger partial charge in [-0.25, -0.2) is 4.39 Å². The number of hydrogen-bond acceptors (Lipinski definition) is 4. The van der Waals surface area contributed by atoms with Gasteiger partial charge in [0, 0.05) is 12.0 Å². The van der Waals surface area contributed by atoms with E-state index in [9.17, 15) is 4.39 Å². The summed E-state index contributed by atoms with van der Waals surface area (Å²) < 4.78 is 13.6. The molecule has 1 unspecified atom stereocenters. The minimum absolute atomic E-state index is 0.235. The maximum atomic E-state index is 13.6. The number of nitrogens with zero attached hydrogens (tertiary/aromatic N) is 4. The van der Waals surface area contributed by atoms with Crippen LogP contribution in [0.5, 0.6) is 0 Å². The molecule has 18 heavy (non-hydrogen) atoms. The quantitative estimate of drug-likeness (QED) is 0.872. The van der Waals surface area contributed by atoms with Crippen LogP contribution >= 0.6 is 0 Å². The number of benzene rings is 1. The van der Waals surface area contributed by atoms with Gasteiger partial charge < -0.3 is 5.73 Å². The van der Waals surface area contributed by atoms with Crippen LogP contribution in [0.2, 0.25) is 0 Å². The summed E-state index contributed by atoms with van der Waals surface area (Å²) >= 11 is 0. The van der Waals surface area contributed by atoms with Gasteiger partial charge in [-0.3, -0.25) is 0 Å². The summed E-state index contributed by atoms with van der Waals surface area (Å²) in [6.45, 7) is 1.86. The average molecular weight is 249 g/mol. The Morgan fingerprint density at radius 2 is 2.06 bits per heavy atom. The zero-order chi connectivity index (χ0) is 13.2. The molecule has 1 heterocycles. The average Bonchev–Trinajstić information content (AvgIpc) is 2.66. The first-order chi connectivity index (χ1) is 8.46. The zero-order valence-electron chi connectivity index (χ0n) is 10.5. The molecular formula is C12H16FN5. The number of rotatable bonds is 4. The molecule has 0 aliphatic carbocycles. The van der Waals surface area contributed by atoms with Gasteiger partial charge in [-0.15, -0.1) is 10.2 Å². The van der Waals surface area contributed by atoms with Crippen LogP contribution in [0, 0.1) is 5.82 Å². The number of hydrogen-bond donors (Lipinski definition) is 1. The summed E-state index contributed by atoms with van der Waals surface area (Å²) in [6, 6.07) is 6.64. The van der Waals surface area contributed by atoms with Crippen molar-refractivity contribution in [1.29, 1.82) is 0 Å². The minimum atomic E-state index is -0.606. The number of tetrazole rings is 1. The molecule has 2 aromatic rings. The Morgan fingerprint density at radius 1 is 1.33 bits per heavy atom. The molecule has 1 atom stereocenters. The Bertz CT molecular complexity index is 535. The van der Waals surface area contributed by atoms with Gasteiger partial charge in [-0.2, -0.15) is 4.80 Å². The zero-order valence-corrected chi connectivity index (χ0v) is 10.5. The van der Waals surface area contributed by atoms with E-state index in [1.807, 2.05) is 6.92 Å². The van der Waals surface area contributed by atoms with Crippen LogP contribution in [0.15, 0.2) is 24.3 Å². The molecule has 0 saturated carbocycles. The highest BCUT2D eigenvalue weighted by molar-refractivity contribution is 5.20. The van der Waals surface area contributed by atoms with Crippen LogP contribution in [0.4, 0.5) is 4.39 Å². The number of aromatic nitrogens is 4. The molecule has 5 nitrogen and oxygen atoms in total. The van der Waals surface area contributed by atoms with E-state index in [0.717, 1.165) is 0 Å². The molecule has 2 N–H and O–H groups in total. The van der Waals surface area contributed by atoms with E-state index in [-0.39, 0.29) is 5.82 Å². The third kappa shape index (κ3) is 3.10. The van der Waals surface area contributed by atoms with Crippen molar-refractivity contribution in [3.05, 3.63) is 41.5 Å². The normalized spacial score (nSPS) is 14.4. The Kier molecular flexibility index (Phi) is 3.38. The van der Waals surface area contributed by atoms with E-state index in [2.05, 4.69) is 15.4 Å². The van der Waals surface area contributed by atoms with Gasteiger partial charge in [0.1, 0.15) is 5.82 Å². The number of aryl methyl sites for hydroxylation is 1. The second kappa shape index (κ2) is 4.81. The smallest absolute Gasteiger partial charge is 0.176 e. The van der Waals surface area contributed by atoms with Crippen molar-refractivity contribution in [2.75, 3.05) is 0 Å². The second-order valence-corrected chi connectivity index (χ2v) is 4.79. The molecule has 0 aliphatic heterocycles. The monoisotopic (exact) mass is 249 g/mol. The largest absolute Gasteiger partial charge is 0.325 e. The van der Waals surface area contributed by atoms with E-state index < -0.39 is 5.54 Å². The van der Waals surface area contributed by atoms with Gasteiger partial charge >= 0.3 is 0 Å². The van der Waals surface area contributed by atoms with Crippen molar-refractivity contribution in [2.45, 2.75) is 25.3 Å². The summed E-state index contributed by atoms with van der Waals surface area (Å²) in [5.41, 5.74) is 6.17. The van der Waals surface area contributed by atoms with Crippen LogP contribution in [0.3, 0.4) is 0 Å². The Balaban J connectivity index is 2.10. The fraction of sp³-hybridized carbons (Fsp3) is 0.417. The molecule has 0 amide bonds. The SMILES string of the molecule is Cn1nnc(CC(C)(N)Cc2ccccc2F)n1. The van der Waals surface area contributed by atoms with Crippen molar-refractivity contribution in [2.24, 2.45) is 12.8 Å². The van der Waals surface area contributed by atoms with E-state index in [1.54, 1.807) is 25.2 Å². The maximum Gasteiger partial charge on any atom is 0.176 e. The Morgan fingerprint density at radius 3 is 2.67 bits per heavy atom. The lowest BCUT2D eigenvalue weighted by Crippen LogP contribution is -2.41. The lowest BCUT2D eigenvalue weighted by Gasteiger charge is -2.23. The molecule has 96 valence electrons. The molecule has 0 aliphatic rings. The highest BCUT2D eigenvalue weighted by Crippen LogP contribution is 2.16. The Labute approximate surface area is 105 Å². The van der Waals surface area contributed by atoms with Crippen molar-refractivity contribution in [1.82, 2.24) is 20.2 Å². The maximum absolute atomic E-state index is 13.6. The van der Waals surface area contributed by atoms with E-state index >= 15 is 0 Å². The van der Waals surface area contributed by atoms with E-state index in [0.29, 0.717) is 24.2 Å². The first-order valence-electron chi connectivity index (χ1n) is 5.71. The molecule has 6 heteroatoms. The number of halogens is 1. The van der Waals surface area contributed by atoms with Gasteiger partial charge in [-0.1, -0.05) is 18.2 Å². The topological polar surface area (TPSA) is 69.6 Å². The van der Waals surface area contributed by atoms with Gasteiger partial charge in [0.05, 0.1) is 7.05 Å². The van der Waals surface area contributed by atoms with E-state index in [4.69, 9.17) is 5.73 Å². The van der Waals surface area contributed by atoms with E-state index in [1.165, 1.54) is 10.9 Å². The van der Waals surface area contributed by atoms with Crippen molar-refractivity contribution >= 4 is 0 Å². The molecule has 0 saturated heterocycles. The fourth-order valence-electron chi connectivity index (χ4n) is 1.89. The van der Waals surface area contributed by atoms with Gasteiger partial charge in [0.2, 0.25) is 0 Å². The van der Waals surface area contributed by atoms with Gasteiger partial charge in [0.15, 0.2) is 5.82 Å². The number of nitrogens with two attached hydrogens (primary N) is 1. The van der Waals surface area contributed by atoms with Crippen molar-refractivity contribution in [3.63, 3.8) is 0 Å². The summed E-state index contributed by atoms with van der Waals surface area (Å²) in [6.07, 6.45) is 0.882. The van der Waals surface area contributed by atoms with Gasteiger partial charge in [0.25, 0.3) is 0 Å². The standard InChI is InChI=1S/C12H16FN5/c1-12(14,8-11-15-17-18(2)16-11)7-9-5-3-4-6-10(9)13/h3-6H,7-8,14H2,1-2H3. The second-order valence-electron chi connectivity index (χ2n) is 4.79. The fourth-order valence-corrected chi connectivity index (χ4v) is 1.89. The first-order valence-corrected chi connectivity index (χ1v) is 5.71. The van der Waals surface area contributed by atoms with Crippen LogP contribution in [-0.2, 0) is 19.9 Å². The molecule has 1 aromatic carbocycles.